The van der Waals surface area contributed by atoms with Gasteiger partial charge in [-0.25, -0.2) is 0 Å². The minimum absolute atomic E-state index is 0.0536. The summed E-state index contributed by atoms with van der Waals surface area (Å²) >= 11 is 0. The number of ether oxygens (including phenoxy) is 1. The van der Waals surface area contributed by atoms with E-state index >= 15 is 0 Å². The number of rotatable bonds is 5. The third-order valence-corrected chi connectivity index (χ3v) is 3.80. The predicted molar refractivity (Wildman–Crippen MR) is 66.1 cm³/mol. The molecule has 1 saturated heterocycles. The monoisotopic (exact) mass is 224 g/mol. The third-order valence-electron chi connectivity index (χ3n) is 3.80. The second-order valence-electron chi connectivity index (χ2n) is 5.30. The number of cyclic esters (lactones) is 1. The van der Waals surface area contributed by atoms with Gasteiger partial charge in [-0.1, -0.05) is 38.8 Å². The summed E-state index contributed by atoms with van der Waals surface area (Å²) in [6.07, 6.45) is 8.76. The van der Waals surface area contributed by atoms with Gasteiger partial charge in [0.25, 0.3) is 0 Å². The van der Waals surface area contributed by atoms with E-state index in [1.807, 2.05) is 13.8 Å². The van der Waals surface area contributed by atoms with E-state index in [0.717, 1.165) is 25.7 Å². The molecule has 0 saturated carbocycles. The van der Waals surface area contributed by atoms with Crippen LogP contribution in [0.1, 0.15) is 53.4 Å². The molecule has 1 aliphatic rings. The highest BCUT2D eigenvalue weighted by molar-refractivity contribution is 5.79. The summed E-state index contributed by atoms with van der Waals surface area (Å²) < 4.78 is 5.28. The van der Waals surface area contributed by atoms with E-state index in [2.05, 4.69) is 26.0 Å². The van der Waals surface area contributed by atoms with E-state index < -0.39 is 0 Å². The van der Waals surface area contributed by atoms with Crippen LogP contribution in [0.3, 0.4) is 0 Å². The van der Waals surface area contributed by atoms with Crippen molar-refractivity contribution >= 4 is 5.97 Å². The van der Waals surface area contributed by atoms with Crippen LogP contribution in [0.5, 0.6) is 0 Å². The first-order valence-electron chi connectivity index (χ1n) is 6.35. The first-order chi connectivity index (χ1) is 7.50. The molecule has 2 nitrogen and oxygen atoms in total. The fraction of sp³-hybridized carbons (Fsp3) is 0.786. The van der Waals surface area contributed by atoms with Gasteiger partial charge >= 0.3 is 5.97 Å². The maximum absolute atomic E-state index is 11.8. The average Bonchev–Trinajstić information content (AvgIpc) is 2.44. The van der Waals surface area contributed by atoms with Crippen molar-refractivity contribution in [2.45, 2.75) is 53.4 Å². The summed E-state index contributed by atoms with van der Waals surface area (Å²) in [4.78, 5) is 11.8. The number of hydrogen-bond acceptors (Lipinski definition) is 2. The first-order valence-corrected chi connectivity index (χ1v) is 6.35. The van der Waals surface area contributed by atoms with Crippen LogP contribution in [0.25, 0.3) is 0 Å². The Morgan fingerprint density at radius 3 is 2.44 bits per heavy atom. The van der Waals surface area contributed by atoms with E-state index in [9.17, 15) is 4.79 Å². The molecule has 2 heteroatoms. The van der Waals surface area contributed by atoms with E-state index in [0.29, 0.717) is 6.61 Å². The number of hydrogen-bond donors (Lipinski definition) is 0. The maximum atomic E-state index is 11.8. The Morgan fingerprint density at radius 1 is 1.31 bits per heavy atom. The lowest BCUT2D eigenvalue weighted by Crippen LogP contribution is -2.36. The number of carbonyl (C=O) groups excluding carboxylic acids is 1. The smallest absolute Gasteiger partial charge is 0.312 e. The van der Waals surface area contributed by atoms with Crippen LogP contribution in [0, 0.1) is 10.8 Å². The average molecular weight is 224 g/mol. The van der Waals surface area contributed by atoms with Crippen LogP contribution in [0.15, 0.2) is 12.2 Å². The van der Waals surface area contributed by atoms with Gasteiger partial charge in [-0.2, -0.15) is 0 Å². The lowest BCUT2D eigenvalue weighted by atomic mass is 9.65. The Kier molecular flexibility index (Phi) is 4.17. The topological polar surface area (TPSA) is 26.3 Å². The van der Waals surface area contributed by atoms with Crippen LogP contribution in [-0.2, 0) is 9.53 Å². The molecule has 0 N–H and O–H groups in total. The second kappa shape index (κ2) is 5.03. The van der Waals surface area contributed by atoms with Crippen molar-refractivity contribution < 1.29 is 9.53 Å². The van der Waals surface area contributed by atoms with Crippen molar-refractivity contribution in [3.8, 4) is 0 Å². The zero-order valence-electron chi connectivity index (χ0n) is 11.0. The van der Waals surface area contributed by atoms with E-state index in [4.69, 9.17) is 4.74 Å². The molecule has 1 atom stereocenters. The summed E-state index contributed by atoms with van der Waals surface area (Å²) in [6, 6.07) is 0. The van der Waals surface area contributed by atoms with Gasteiger partial charge in [0.05, 0.1) is 5.41 Å². The molecule has 0 aromatic rings. The summed E-state index contributed by atoms with van der Waals surface area (Å²) in [5.74, 6) is -0.0536. The van der Waals surface area contributed by atoms with Gasteiger partial charge in [-0.15, -0.1) is 0 Å². The molecule has 0 aromatic carbocycles. The molecule has 1 unspecified atom stereocenters. The molecule has 1 heterocycles. The molecule has 1 aliphatic heterocycles. The van der Waals surface area contributed by atoms with Gasteiger partial charge in [0, 0.05) is 5.41 Å². The highest BCUT2D eigenvalue weighted by atomic mass is 16.5. The highest BCUT2D eigenvalue weighted by Crippen LogP contribution is 2.49. The summed E-state index contributed by atoms with van der Waals surface area (Å²) in [5.41, 5.74) is -0.471. The zero-order valence-corrected chi connectivity index (χ0v) is 11.0. The number of esters is 1. The first kappa shape index (κ1) is 13.3. The zero-order chi connectivity index (χ0) is 12.2. The van der Waals surface area contributed by atoms with E-state index in [1.165, 1.54) is 0 Å². The van der Waals surface area contributed by atoms with Crippen LogP contribution in [0.4, 0.5) is 0 Å². The normalized spacial score (nSPS) is 28.6. The standard InChI is InChI=1S/C14H24O2/c1-5-7-8-10-14(9-6-2)11-16-12(15)13(14,3)4/h8,10H,5-7,9,11H2,1-4H3/b10-8+. The van der Waals surface area contributed by atoms with Crippen molar-refractivity contribution in [3.05, 3.63) is 12.2 Å². The largest absolute Gasteiger partial charge is 0.464 e. The summed E-state index contributed by atoms with van der Waals surface area (Å²) in [5, 5.41) is 0. The lowest BCUT2D eigenvalue weighted by Gasteiger charge is -2.34. The molecule has 0 bridgehead atoms. The predicted octanol–water partition coefficient (Wildman–Crippen LogP) is 3.71. The third kappa shape index (κ3) is 2.16. The Bertz CT molecular complexity index is 278. The number of carbonyl (C=O) groups is 1. The van der Waals surface area contributed by atoms with Crippen molar-refractivity contribution in [1.82, 2.24) is 0 Å². The Hall–Kier alpha value is -0.790. The van der Waals surface area contributed by atoms with Crippen molar-refractivity contribution in [2.24, 2.45) is 10.8 Å². The number of unbranched alkanes of at least 4 members (excludes halogenated alkanes) is 1. The van der Waals surface area contributed by atoms with Gasteiger partial charge in [0.15, 0.2) is 0 Å². The molecule has 0 spiro atoms. The summed E-state index contributed by atoms with van der Waals surface area (Å²) in [6.45, 7) is 8.89. The van der Waals surface area contributed by atoms with Gasteiger partial charge in [0.2, 0.25) is 0 Å². The molecule has 0 amide bonds. The second-order valence-corrected chi connectivity index (χ2v) is 5.30. The molecular weight excluding hydrogens is 200 g/mol. The Morgan fingerprint density at radius 2 is 2.00 bits per heavy atom. The summed E-state index contributed by atoms with van der Waals surface area (Å²) in [7, 11) is 0. The van der Waals surface area contributed by atoms with Crippen molar-refractivity contribution in [1.29, 1.82) is 0 Å². The van der Waals surface area contributed by atoms with Crippen LogP contribution >= 0.6 is 0 Å². The quantitative estimate of drug-likeness (QED) is 0.525. The SMILES string of the molecule is CCC/C=C/C1(CCC)COC(=O)C1(C)C. The van der Waals surface area contributed by atoms with Crippen LogP contribution in [0.2, 0.25) is 0 Å². The van der Waals surface area contributed by atoms with Gasteiger partial charge < -0.3 is 4.74 Å². The maximum Gasteiger partial charge on any atom is 0.312 e. The van der Waals surface area contributed by atoms with Crippen molar-refractivity contribution in [3.63, 3.8) is 0 Å². The minimum atomic E-state index is -0.382. The number of allylic oxidation sites excluding steroid dienone is 1. The van der Waals surface area contributed by atoms with E-state index in [1.54, 1.807) is 0 Å². The van der Waals surface area contributed by atoms with Crippen LogP contribution < -0.4 is 0 Å². The molecule has 92 valence electrons. The molecular formula is C14H24O2. The molecule has 0 aromatic heterocycles. The molecule has 0 radical (unpaired) electrons. The highest BCUT2D eigenvalue weighted by Gasteiger charge is 2.54. The minimum Gasteiger partial charge on any atom is -0.464 e. The molecule has 1 rings (SSSR count). The van der Waals surface area contributed by atoms with Gasteiger partial charge in [-0.05, 0) is 26.7 Å². The van der Waals surface area contributed by atoms with Crippen LogP contribution in [-0.4, -0.2) is 12.6 Å². The van der Waals surface area contributed by atoms with Gasteiger partial charge in [-0.3, -0.25) is 4.79 Å². The van der Waals surface area contributed by atoms with E-state index in [-0.39, 0.29) is 16.8 Å². The molecule has 0 aliphatic carbocycles. The Labute approximate surface area is 99.1 Å². The fourth-order valence-corrected chi connectivity index (χ4v) is 2.40. The Balaban J connectivity index is 2.93. The lowest BCUT2D eigenvalue weighted by molar-refractivity contribution is -0.145. The van der Waals surface area contributed by atoms with Crippen molar-refractivity contribution in [2.75, 3.05) is 6.61 Å². The molecule has 1 fully saturated rings. The van der Waals surface area contributed by atoms with Gasteiger partial charge in [0.1, 0.15) is 6.61 Å². The molecule has 16 heavy (non-hydrogen) atoms. The fourth-order valence-electron chi connectivity index (χ4n) is 2.40.